The van der Waals surface area contributed by atoms with E-state index in [0.29, 0.717) is 22.1 Å². The summed E-state index contributed by atoms with van der Waals surface area (Å²) in [6.45, 7) is -0.259. The zero-order chi connectivity index (χ0) is 20.1. The number of carbonyl (C=O) groups is 3. The van der Waals surface area contributed by atoms with Crippen molar-refractivity contribution in [2.45, 2.75) is 6.42 Å². The molecule has 0 unspecified atom stereocenters. The van der Waals surface area contributed by atoms with Crippen molar-refractivity contribution in [2.75, 3.05) is 30.5 Å². The summed E-state index contributed by atoms with van der Waals surface area (Å²) < 4.78 is 10.2. The molecule has 2 aromatic carbocycles. The molecule has 146 valence electrons. The summed E-state index contributed by atoms with van der Waals surface area (Å²) in [4.78, 5) is 38.1. The minimum atomic E-state index is -0.634. The van der Waals surface area contributed by atoms with Gasteiger partial charge in [0.25, 0.3) is 5.91 Å². The van der Waals surface area contributed by atoms with Crippen molar-refractivity contribution >= 4 is 40.8 Å². The number of amides is 2. The average Bonchev–Trinajstić information content (AvgIpc) is 3.08. The molecule has 2 amide bonds. The number of carbonyl (C=O) groups excluding carboxylic acids is 3. The number of rotatable bonds is 6. The van der Waals surface area contributed by atoms with Gasteiger partial charge >= 0.3 is 5.97 Å². The van der Waals surface area contributed by atoms with E-state index in [9.17, 15) is 14.4 Å². The number of methoxy groups -OCH3 is 1. The normalized spacial score (nSPS) is 16.0. The van der Waals surface area contributed by atoms with Crippen LogP contribution in [0.15, 0.2) is 48.5 Å². The number of nitrogens with one attached hydrogen (secondary N) is 1. The SMILES string of the molecule is COc1ccccc1NC(=O)COC(=O)[C@H]1CC(=O)N(c2cccc(Cl)c2)C1. The molecule has 1 aliphatic heterocycles. The molecule has 0 saturated carbocycles. The predicted molar refractivity (Wildman–Crippen MR) is 104 cm³/mol. The van der Waals surface area contributed by atoms with Crippen LogP contribution in [-0.4, -0.2) is 38.0 Å². The molecule has 0 aromatic heterocycles. The van der Waals surface area contributed by atoms with Gasteiger partial charge in [0, 0.05) is 23.7 Å². The fraction of sp³-hybridized carbons (Fsp3) is 0.250. The van der Waals surface area contributed by atoms with Crippen molar-refractivity contribution < 1.29 is 23.9 Å². The van der Waals surface area contributed by atoms with E-state index in [4.69, 9.17) is 21.1 Å². The van der Waals surface area contributed by atoms with Gasteiger partial charge in [-0.25, -0.2) is 0 Å². The molecule has 1 N–H and O–H groups in total. The highest BCUT2D eigenvalue weighted by atomic mass is 35.5. The van der Waals surface area contributed by atoms with Crippen molar-refractivity contribution in [2.24, 2.45) is 5.92 Å². The number of esters is 1. The van der Waals surface area contributed by atoms with Crippen LogP contribution in [0.3, 0.4) is 0 Å². The van der Waals surface area contributed by atoms with Gasteiger partial charge in [-0.05, 0) is 30.3 Å². The first-order chi connectivity index (χ1) is 13.5. The van der Waals surface area contributed by atoms with E-state index in [1.807, 2.05) is 0 Å². The van der Waals surface area contributed by atoms with Gasteiger partial charge in [0.2, 0.25) is 5.91 Å². The number of anilines is 2. The molecule has 1 fully saturated rings. The molecule has 1 heterocycles. The minimum Gasteiger partial charge on any atom is -0.495 e. The van der Waals surface area contributed by atoms with Crippen molar-refractivity contribution in [3.63, 3.8) is 0 Å². The Morgan fingerprint density at radius 3 is 2.75 bits per heavy atom. The van der Waals surface area contributed by atoms with Crippen LogP contribution in [0.25, 0.3) is 0 Å². The Morgan fingerprint density at radius 2 is 2.00 bits per heavy atom. The smallest absolute Gasteiger partial charge is 0.311 e. The summed E-state index contributed by atoms with van der Waals surface area (Å²) >= 11 is 5.96. The second kappa shape index (κ2) is 8.75. The molecule has 0 radical (unpaired) electrons. The van der Waals surface area contributed by atoms with Gasteiger partial charge in [0.1, 0.15) is 5.75 Å². The quantitative estimate of drug-likeness (QED) is 0.751. The molecular formula is C20H19ClN2O5. The minimum absolute atomic E-state index is 0.0273. The third kappa shape index (κ3) is 4.61. The highest BCUT2D eigenvalue weighted by Crippen LogP contribution is 2.28. The van der Waals surface area contributed by atoms with Crippen LogP contribution < -0.4 is 15.0 Å². The number of para-hydroxylation sites is 2. The third-order valence-corrected chi connectivity index (χ3v) is 4.54. The maximum atomic E-state index is 12.3. The van der Waals surface area contributed by atoms with Crippen LogP contribution in [0.4, 0.5) is 11.4 Å². The lowest BCUT2D eigenvalue weighted by molar-refractivity contribution is -0.151. The Balaban J connectivity index is 1.54. The molecule has 8 heteroatoms. The van der Waals surface area contributed by atoms with Crippen LogP contribution in [-0.2, 0) is 19.1 Å². The largest absolute Gasteiger partial charge is 0.495 e. The van der Waals surface area contributed by atoms with E-state index in [1.54, 1.807) is 48.5 Å². The molecule has 28 heavy (non-hydrogen) atoms. The Hall–Kier alpha value is -3.06. The summed E-state index contributed by atoms with van der Waals surface area (Å²) in [6.07, 6.45) is 0.0273. The highest BCUT2D eigenvalue weighted by Gasteiger charge is 2.36. The van der Waals surface area contributed by atoms with E-state index in [2.05, 4.69) is 5.32 Å². The van der Waals surface area contributed by atoms with Crippen LogP contribution in [0.2, 0.25) is 5.02 Å². The lowest BCUT2D eigenvalue weighted by atomic mass is 10.1. The maximum Gasteiger partial charge on any atom is 0.311 e. The van der Waals surface area contributed by atoms with Crippen LogP contribution in [0, 0.1) is 5.92 Å². The van der Waals surface area contributed by atoms with Crippen LogP contribution >= 0.6 is 11.6 Å². The number of hydrogen-bond acceptors (Lipinski definition) is 5. The first-order valence-electron chi connectivity index (χ1n) is 8.63. The van der Waals surface area contributed by atoms with Crippen molar-refractivity contribution in [3.05, 3.63) is 53.6 Å². The molecule has 1 saturated heterocycles. The first-order valence-corrected chi connectivity index (χ1v) is 9.01. The summed E-state index contributed by atoms with van der Waals surface area (Å²) in [6, 6.07) is 13.8. The second-order valence-corrected chi connectivity index (χ2v) is 6.68. The van der Waals surface area contributed by atoms with Crippen LogP contribution in [0.1, 0.15) is 6.42 Å². The molecule has 7 nitrogen and oxygen atoms in total. The van der Waals surface area contributed by atoms with Gasteiger partial charge in [0.15, 0.2) is 6.61 Å². The Bertz CT molecular complexity index is 902. The Labute approximate surface area is 167 Å². The molecule has 1 aliphatic rings. The molecule has 0 aliphatic carbocycles. The lowest BCUT2D eigenvalue weighted by Crippen LogP contribution is -2.28. The zero-order valence-electron chi connectivity index (χ0n) is 15.2. The number of hydrogen-bond donors (Lipinski definition) is 1. The molecule has 3 rings (SSSR count). The number of ether oxygens (including phenoxy) is 2. The van der Waals surface area contributed by atoms with E-state index in [-0.39, 0.29) is 18.9 Å². The molecule has 0 spiro atoms. The van der Waals surface area contributed by atoms with Crippen molar-refractivity contribution in [3.8, 4) is 5.75 Å². The Kier molecular flexibility index (Phi) is 6.16. The molecule has 1 atom stereocenters. The third-order valence-electron chi connectivity index (χ3n) is 4.30. The summed E-state index contributed by atoms with van der Waals surface area (Å²) in [7, 11) is 1.49. The average molecular weight is 403 g/mol. The van der Waals surface area contributed by atoms with Gasteiger partial charge < -0.3 is 19.7 Å². The molecule has 2 aromatic rings. The summed E-state index contributed by atoms with van der Waals surface area (Å²) in [5.41, 5.74) is 1.11. The van der Waals surface area contributed by atoms with Crippen LogP contribution in [0.5, 0.6) is 5.75 Å². The number of benzene rings is 2. The molecule has 0 bridgehead atoms. The predicted octanol–water partition coefficient (Wildman–Crippen LogP) is 2.88. The monoisotopic (exact) mass is 402 g/mol. The molecular weight excluding hydrogens is 384 g/mol. The lowest BCUT2D eigenvalue weighted by Gasteiger charge is -2.16. The van der Waals surface area contributed by atoms with Crippen molar-refractivity contribution in [1.29, 1.82) is 0 Å². The van der Waals surface area contributed by atoms with E-state index >= 15 is 0 Å². The van der Waals surface area contributed by atoms with Gasteiger partial charge in [-0.15, -0.1) is 0 Å². The van der Waals surface area contributed by atoms with Gasteiger partial charge in [0.05, 0.1) is 18.7 Å². The highest BCUT2D eigenvalue weighted by molar-refractivity contribution is 6.31. The van der Waals surface area contributed by atoms with E-state index < -0.39 is 24.4 Å². The topological polar surface area (TPSA) is 84.9 Å². The Morgan fingerprint density at radius 1 is 1.21 bits per heavy atom. The fourth-order valence-corrected chi connectivity index (χ4v) is 3.13. The second-order valence-electron chi connectivity index (χ2n) is 6.24. The van der Waals surface area contributed by atoms with Gasteiger partial charge in [-0.3, -0.25) is 14.4 Å². The summed E-state index contributed by atoms with van der Waals surface area (Å²) in [5, 5.41) is 3.13. The van der Waals surface area contributed by atoms with E-state index in [1.165, 1.54) is 12.0 Å². The van der Waals surface area contributed by atoms with E-state index in [0.717, 1.165) is 0 Å². The summed E-state index contributed by atoms with van der Waals surface area (Å²) in [5.74, 6) is -1.41. The zero-order valence-corrected chi connectivity index (χ0v) is 15.9. The van der Waals surface area contributed by atoms with Gasteiger partial charge in [-0.1, -0.05) is 29.8 Å². The fourth-order valence-electron chi connectivity index (χ4n) is 2.95. The number of nitrogens with zero attached hydrogens (tertiary/aromatic N) is 1. The number of halogens is 1. The van der Waals surface area contributed by atoms with Gasteiger partial charge in [-0.2, -0.15) is 0 Å². The standard InChI is InChI=1S/C20H19ClN2O5/c1-27-17-8-3-2-7-16(17)22-18(24)12-28-20(26)13-9-19(25)23(11-13)15-6-4-5-14(21)10-15/h2-8,10,13H,9,11-12H2,1H3,(H,22,24)/t13-/m0/s1. The van der Waals surface area contributed by atoms with Crippen molar-refractivity contribution in [1.82, 2.24) is 0 Å². The maximum absolute atomic E-state index is 12.3. The first kappa shape index (κ1) is 19.7.